The zero-order valence-corrected chi connectivity index (χ0v) is 12.3. The first-order valence-corrected chi connectivity index (χ1v) is 7.23. The van der Waals surface area contributed by atoms with Crippen molar-refractivity contribution in [3.63, 3.8) is 0 Å². The Hall–Kier alpha value is -1.21. The maximum absolute atomic E-state index is 2.33. The van der Waals surface area contributed by atoms with E-state index < -0.39 is 0 Å². The normalized spacial score (nSPS) is 10.9. The third kappa shape index (κ3) is 2.97. The van der Waals surface area contributed by atoms with Crippen molar-refractivity contribution in [3.8, 4) is 0 Å². The molecule has 0 saturated carbocycles. The molecule has 94 valence electrons. The standard InChI is InChI=1S/C17H20S/c1-12(2)15-10-9-14(4)17(11-15)18-16-8-6-5-7-13(16)3/h5-12H,1-4H3. The van der Waals surface area contributed by atoms with Crippen LogP contribution >= 0.6 is 11.8 Å². The molecule has 0 nitrogen and oxygen atoms in total. The Bertz CT molecular complexity index is 541. The van der Waals surface area contributed by atoms with Gasteiger partial charge in [0.05, 0.1) is 0 Å². The van der Waals surface area contributed by atoms with Crippen LogP contribution in [0.1, 0.15) is 36.5 Å². The minimum absolute atomic E-state index is 0.585. The highest BCUT2D eigenvalue weighted by Gasteiger charge is 2.06. The topological polar surface area (TPSA) is 0 Å². The predicted molar refractivity (Wildman–Crippen MR) is 80.6 cm³/mol. The first-order valence-electron chi connectivity index (χ1n) is 6.42. The van der Waals surface area contributed by atoms with Crippen molar-refractivity contribution in [1.82, 2.24) is 0 Å². The molecule has 0 heterocycles. The maximum Gasteiger partial charge on any atom is 0.0154 e. The molecule has 1 heteroatoms. The third-order valence-corrected chi connectivity index (χ3v) is 4.53. The number of hydrogen-bond acceptors (Lipinski definition) is 1. The molecule has 0 spiro atoms. The van der Waals surface area contributed by atoms with Gasteiger partial charge < -0.3 is 0 Å². The van der Waals surface area contributed by atoms with E-state index in [4.69, 9.17) is 0 Å². The van der Waals surface area contributed by atoms with Gasteiger partial charge in [-0.2, -0.15) is 0 Å². The summed E-state index contributed by atoms with van der Waals surface area (Å²) in [6.45, 7) is 8.84. The second-order valence-corrected chi connectivity index (χ2v) is 6.13. The summed E-state index contributed by atoms with van der Waals surface area (Å²) < 4.78 is 0. The van der Waals surface area contributed by atoms with Crippen LogP contribution in [0, 0.1) is 13.8 Å². The van der Waals surface area contributed by atoms with Gasteiger partial charge in [0.15, 0.2) is 0 Å². The summed E-state index contributed by atoms with van der Waals surface area (Å²) in [5.41, 5.74) is 4.11. The van der Waals surface area contributed by atoms with E-state index in [-0.39, 0.29) is 0 Å². The van der Waals surface area contributed by atoms with Gasteiger partial charge in [0.1, 0.15) is 0 Å². The van der Waals surface area contributed by atoms with E-state index >= 15 is 0 Å². The van der Waals surface area contributed by atoms with Crippen LogP contribution in [-0.4, -0.2) is 0 Å². The lowest BCUT2D eigenvalue weighted by atomic mass is 10.0. The fourth-order valence-electron chi connectivity index (χ4n) is 1.88. The molecule has 0 unspecified atom stereocenters. The van der Waals surface area contributed by atoms with Gasteiger partial charge in [0, 0.05) is 9.79 Å². The Balaban J connectivity index is 2.34. The van der Waals surface area contributed by atoms with Crippen molar-refractivity contribution >= 4 is 11.8 Å². The van der Waals surface area contributed by atoms with E-state index in [9.17, 15) is 0 Å². The molecule has 0 atom stereocenters. The van der Waals surface area contributed by atoms with Gasteiger partial charge in [-0.1, -0.05) is 55.9 Å². The molecule has 18 heavy (non-hydrogen) atoms. The monoisotopic (exact) mass is 256 g/mol. The van der Waals surface area contributed by atoms with Crippen LogP contribution in [0.4, 0.5) is 0 Å². The Morgan fingerprint density at radius 3 is 2.17 bits per heavy atom. The van der Waals surface area contributed by atoms with Crippen molar-refractivity contribution in [2.24, 2.45) is 0 Å². The van der Waals surface area contributed by atoms with Crippen LogP contribution in [0.3, 0.4) is 0 Å². The van der Waals surface area contributed by atoms with Crippen LogP contribution in [0.15, 0.2) is 52.3 Å². The highest BCUT2D eigenvalue weighted by Crippen LogP contribution is 2.34. The summed E-state index contributed by atoms with van der Waals surface area (Å²) in [5, 5.41) is 0. The Labute approximate surface area is 114 Å². The summed E-state index contributed by atoms with van der Waals surface area (Å²) in [4.78, 5) is 2.72. The molecule has 0 aliphatic carbocycles. The Kier molecular flexibility index (Phi) is 4.13. The predicted octanol–water partition coefficient (Wildman–Crippen LogP) is 5.58. The summed E-state index contributed by atoms with van der Waals surface area (Å²) in [6.07, 6.45) is 0. The van der Waals surface area contributed by atoms with Gasteiger partial charge in [0.2, 0.25) is 0 Å². The molecule has 0 saturated heterocycles. The van der Waals surface area contributed by atoms with Gasteiger partial charge in [-0.15, -0.1) is 0 Å². The lowest BCUT2D eigenvalue weighted by molar-refractivity contribution is 0.860. The lowest BCUT2D eigenvalue weighted by Gasteiger charge is -2.12. The van der Waals surface area contributed by atoms with Gasteiger partial charge in [-0.3, -0.25) is 0 Å². The number of aryl methyl sites for hydroxylation is 2. The van der Waals surface area contributed by atoms with Gasteiger partial charge in [0.25, 0.3) is 0 Å². The van der Waals surface area contributed by atoms with Crippen molar-refractivity contribution in [2.45, 2.75) is 43.4 Å². The maximum atomic E-state index is 2.33. The second-order valence-electron chi connectivity index (χ2n) is 5.05. The summed E-state index contributed by atoms with van der Waals surface area (Å²) in [7, 11) is 0. The zero-order valence-electron chi connectivity index (χ0n) is 11.5. The van der Waals surface area contributed by atoms with Crippen molar-refractivity contribution in [2.75, 3.05) is 0 Å². The van der Waals surface area contributed by atoms with Crippen molar-refractivity contribution in [1.29, 1.82) is 0 Å². The van der Waals surface area contributed by atoms with Crippen LogP contribution < -0.4 is 0 Å². The second kappa shape index (κ2) is 5.62. The minimum Gasteiger partial charge on any atom is -0.0895 e. The molecule has 0 amide bonds. The van der Waals surface area contributed by atoms with Gasteiger partial charge in [-0.25, -0.2) is 0 Å². The van der Waals surface area contributed by atoms with E-state index in [2.05, 4.69) is 70.2 Å². The quantitative estimate of drug-likeness (QED) is 0.691. The smallest absolute Gasteiger partial charge is 0.0154 e. The molecule has 0 radical (unpaired) electrons. The molecule has 0 N–H and O–H groups in total. The first kappa shape index (κ1) is 13.2. The Morgan fingerprint density at radius 1 is 0.833 bits per heavy atom. The molecule has 2 aromatic carbocycles. The molecule has 0 aliphatic rings. The Morgan fingerprint density at radius 2 is 1.50 bits per heavy atom. The third-order valence-electron chi connectivity index (χ3n) is 3.19. The van der Waals surface area contributed by atoms with Crippen molar-refractivity contribution in [3.05, 3.63) is 59.2 Å². The highest BCUT2D eigenvalue weighted by atomic mass is 32.2. The van der Waals surface area contributed by atoms with E-state index in [1.54, 1.807) is 0 Å². The molecular formula is C17H20S. The fourth-order valence-corrected chi connectivity index (χ4v) is 2.91. The van der Waals surface area contributed by atoms with E-state index in [1.165, 1.54) is 26.5 Å². The molecule has 2 rings (SSSR count). The average molecular weight is 256 g/mol. The number of benzene rings is 2. The molecular weight excluding hydrogens is 236 g/mol. The van der Waals surface area contributed by atoms with Crippen LogP contribution in [0.2, 0.25) is 0 Å². The number of hydrogen-bond donors (Lipinski definition) is 0. The summed E-state index contributed by atoms with van der Waals surface area (Å²) in [6, 6.07) is 15.4. The van der Waals surface area contributed by atoms with E-state index in [0.29, 0.717) is 5.92 Å². The van der Waals surface area contributed by atoms with Gasteiger partial charge >= 0.3 is 0 Å². The summed E-state index contributed by atoms with van der Waals surface area (Å²) in [5.74, 6) is 0.585. The van der Waals surface area contributed by atoms with Crippen LogP contribution in [0.5, 0.6) is 0 Å². The SMILES string of the molecule is Cc1ccccc1Sc1cc(C(C)C)ccc1C. The highest BCUT2D eigenvalue weighted by molar-refractivity contribution is 7.99. The largest absolute Gasteiger partial charge is 0.0895 e. The van der Waals surface area contributed by atoms with Gasteiger partial charge in [-0.05, 0) is 48.6 Å². The van der Waals surface area contributed by atoms with E-state index in [0.717, 1.165) is 0 Å². The molecule has 2 aromatic rings. The molecule has 0 bridgehead atoms. The number of rotatable bonds is 3. The molecule has 0 aromatic heterocycles. The lowest BCUT2D eigenvalue weighted by Crippen LogP contribution is -1.90. The zero-order chi connectivity index (χ0) is 13.1. The van der Waals surface area contributed by atoms with Crippen molar-refractivity contribution < 1.29 is 0 Å². The average Bonchev–Trinajstić information content (AvgIpc) is 2.34. The van der Waals surface area contributed by atoms with E-state index in [1.807, 2.05) is 11.8 Å². The summed E-state index contributed by atoms with van der Waals surface area (Å²) >= 11 is 1.87. The first-order chi connectivity index (χ1) is 8.58. The molecule has 0 fully saturated rings. The molecule has 0 aliphatic heterocycles. The minimum atomic E-state index is 0.585. The fraction of sp³-hybridized carbons (Fsp3) is 0.294. The van der Waals surface area contributed by atoms with Crippen LogP contribution in [0.25, 0.3) is 0 Å². The van der Waals surface area contributed by atoms with Crippen LogP contribution in [-0.2, 0) is 0 Å².